The minimum Gasteiger partial charge on any atom is -0.310 e. The Morgan fingerprint density at radius 3 is 1.44 bits per heavy atom. The largest absolute Gasteiger partial charge is 0.310 e. The molecular weight excluding hydrogens is 663 g/mol. The van der Waals surface area contributed by atoms with Crippen molar-refractivity contribution in [3.63, 3.8) is 0 Å². The zero-order valence-corrected chi connectivity index (χ0v) is 31.1. The maximum atomic E-state index is 2.61. The van der Waals surface area contributed by atoms with Crippen LogP contribution < -0.4 is 4.90 Å². The van der Waals surface area contributed by atoms with Gasteiger partial charge in [0.25, 0.3) is 0 Å². The van der Waals surface area contributed by atoms with Gasteiger partial charge in [-0.15, -0.1) is 0 Å². The molecule has 55 heavy (non-hydrogen) atoms. The summed E-state index contributed by atoms with van der Waals surface area (Å²) >= 11 is 0. The number of benzene rings is 8. The molecule has 1 aliphatic heterocycles. The minimum atomic E-state index is -0.419. The molecule has 0 amide bonds. The molecule has 0 fully saturated rings. The van der Waals surface area contributed by atoms with Gasteiger partial charge in [-0.05, 0) is 132 Å². The third-order valence-electron chi connectivity index (χ3n) is 14.3. The average molecular weight is 700 g/mol. The normalized spacial score (nSPS) is 18.4. The number of nitrogens with zero attached hydrogens (tertiary/aromatic N) is 1. The zero-order valence-electron chi connectivity index (χ0n) is 31.1. The Balaban J connectivity index is 1.17. The summed E-state index contributed by atoms with van der Waals surface area (Å²) in [5, 5.41) is 0. The molecule has 1 heterocycles. The summed E-state index contributed by atoms with van der Waals surface area (Å²) in [6.45, 7) is 7.23. The molecule has 0 radical (unpaired) electrons. The average Bonchev–Trinajstić information content (AvgIpc) is 3.87. The summed E-state index contributed by atoms with van der Waals surface area (Å²) in [6, 6.07) is 65.1. The molecule has 0 saturated heterocycles. The molecule has 1 heteroatoms. The van der Waals surface area contributed by atoms with E-state index in [4.69, 9.17) is 0 Å². The van der Waals surface area contributed by atoms with E-state index >= 15 is 0 Å². The van der Waals surface area contributed by atoms with Crippen molar-refractivity contribution >= 4 is 17.1 Å². The predicted octanol–water partition coefficient (Wildman–Crippen LogP) is 13.5. The van der Waals surface area contributed by atoms with Crippen LogP contribution in [-0.4, -0.2) is 0 Å². The molecular formula is C54H37N. The Bertz CT molecular complexity index is 3000. The quantitative estimate of drug-likeness (QED) is 0.165. The fourth-order valence-corrected chi connectivity index (χ4v) is 12.0. The highest BCUT2D eigenvalue weighted by molar-refractivity contribution is 6.02. The molecule has 1 unspecified atom stereocenters. The standard InChI is InChI=1S/C54H37N/c1-52(2)41-21-9-4-18-36(41)39-29-32(27-28-42(39)52)55-49-26-14-20-38-35-17-5-10-22-43(35)53(3,51(38)49)48-30-40-37-19-8-13-25-46(37)54(47(40)31-50(48)55)44-23-11-6-15-33(44)34-16-7-12-24-45(34)54/h4-31H,1-3H3. The molecule has 5 aliphatic rings. The number of fused-ring (bicyclic) bond motifs is 18. The maximum Gasteiger partial charge on any atom is 0.0726 e. The third kappa shape index (κ3) is 3.28. The molecule has 0 saturated carbocycles. The smallest absolute Gasteiger partial charge is 0.0726 e. The monoisotopic (exact) mass is 699 g/mol. The Labute approximate surface area is 322 Å². The van der Waals surface area contributed by atoms with E-state index < -0.39 is 5.41 Å². The van der Waals surface area contributed by atoms with Gasteiger partial charge in [-0.3, -0.25) is 0 Å². The van der Waals surface area contributed by atoms with E-state index in [0.29, 0.717) is 0 Å². The lowest BCUT2D eigenvalue weighted by Crippen LogP contribution is -2.33. The molecule has 4 aliphatic carbocycles. The van der Waals surface area contributed by atoms with Crippen LogP contribution in [0.5, 0.6) is 0 Å². The highest BCUT2D eigenvalue weighted by atomic mass is 15.2. The van der Waals surface area contributed by atoms with Gasteiger partial charge in [-0.1, -0.05) is 153 Å². The van der Waals surface area contributed by atoms with E-state index in [1.807, 2.05) is 0 Å². The zero-order chi connectivity index (χ0) is 36.4. The van der Waals surface area contributed by atoms with Gasteiger partial charge in [0.1, 0.15) is 0 Å². The van der Waals surface area contributed by atoms with Crippen LogP contribution in [0.2, 0.25) is 0 Å². The van der Waals surface area contributed by atoms with Gasteiger partial charge >= 0.3 is 0 Å². The number of hydrogen-bond donors (Lipinski definition) is 0. The minimum absolute atomic E-state index is 0.0549. The van der Waals surface area contributed by atoms with E-state index in [-0.39, 0.29) is 10.8 Å². The SMILES string of the molecule is CC1(C)c2ccccc2-c2cc(N3c4cc5c(cc4C4(C)c6ccccc6-c6cccc3c64)-c3ccccc3C53c4ccccc4-c4ccccc43)ccc21. The molecule has 258 valence electrons. The molecule has 0 N–H and O–H groups in total. The second-order valence-corrected chi connectivity index (χ2v) is 16.9. The Hall–Kier alpha value is -6.44. The summed E-state index contributed by atoms with van der Waals surface area (Å²) in [5.41, 5.74) is 26.1. The van der Waals surface area contributed by atoms with Crippen molar-refractivity contribution in [3.05, 3.63) is 220 Å². The number of hydrogen-bond acceptors (Lipinski definition) is 1. The van der Waals surface area contributed by atoms with Crippen LogP contribution in [0, 0.1) is 0 Å². The summed E-state index contributed by atoms with van der Waals surface area (Å²) in [6.07, 6.45) is 0. The first-order chi connectivity index (χ1) is 26.9. The van der Waals surface area contributed by atoms with Gasteiger partial charge < -0.3 is 4.90 Å². The number of rotatable bonds is 1. The molecule has 1 spiro atoms. The van der Waals surface area contributed by atoms with Crippen LogP contribution in [0.3, 0.4) is 0 Å². The topological polar surface area (TPSA) is 3.24 Å². The molecule has 0 aromatic heterocycles. The van der Waals surface area contributed by atoms with Crippen LogP contribution in [0.15, 0.2) is 170 Å². The first kappa shape index (κ1) is 29.9. The van der Waals surface area contributed by atoms with Crippen LogP contribution in [0.25, 0.3) is 44.5 Å². The van der Waals surface area contributed by atoms with Gasteiger partial charge in [0.15, 0.2) is 0 Å². The lowest BCUT2D eigenvalue weighted by Gasteiger charge is -2.43. The highest BCUT2D eigenvalue weighted by Gasteiger charge is 2.54. The molecule has 13 rings (SSSR count). The first-order valence-corrected chi connectivity index (χ1v) is 19.7. The van der Waals surface area contributed by atoms with Crippen LogP contribution in [-0.2, 0) is 16.2 Å². The van der Waals surface area contributed by atoms with Gasteiger partial charge in [0, 0.05) is 16.5 Å². The van der Waals surface area contributed by atoms with Crippen LogP contribution in [0.4, 0.5) is 17.1 Å². The second kappa shape index (κ2) is 9.80. The van der Waals surface area contributed by atoms with Crippen molar-refractivity contribution in [3.8, 4) is 44.5 Å². The van der Waals surface area contributed by atoms with Crippen LogP contribution in [0.1, 0.15) is 70.8 Å². The molecule has 8 aromatic rings. The third-order valence-corrected chi connectivity index (χ3v) is 14.3. The van der Waals surface area contributed by atoms with E-state index in [9.17, 15) is 0 Å². The van der Waals surface area contributed by atoms with E-state index in [2.05, 4.69) is 196 Å². The van der Waals surface area contributed by atoms with E-state index in [1.54, 1.807) is 0 Å². The van der Waals surface area contributed by atoms with Crippen LogP contribution >= 0.6 is 0 Å². The van der Waals surface area contributed by atoms with Gasteiger partial charge in [-0.25, -0.2) is 0 Å². The van der Waals surface area contributed by atoms with Crippen molar-refractivity contribution in [2.75, 3.05) is 4.90 Å². The van der Waals surface area contributed by atoms with Gasteiger partial charge in [0.2, 0.25) is 0 Å². The Kier molecular flexibility index (Phi) is 5.34. The first-order valence-electron chi connectivity index (χ1n) is 19.7. The molecule has 0 bridgehead atoms. The highest BCUT2D eigenvalue weighted by Crippen LogP contribution is 2.68. The Morgan fingerprint density at radius 2 is 0.800 bits per heavy atom. The second-order valence-electron chi connectivity index (χ2n) is 16.9. The molecule has 1 atom stereocenters. The number of anilines is 3. The fraction of sp³-hybridized carbons (Fsp3) is 0.111. The fourth-order valence-electron chi connectivity index (χ4n) is 12.0. The maximum absolute atomic E-state index is 2.61. The summed E-state index contributed by atoms with van der Waals surface area (Å²) in [4.78, 5) is 2.61. The van der Waals surface area contributed by atoms with Crippen molar-refractivity contribution in [2.24, 2.45) is 0 Å². The van der Waals surface area contributed by atoms with Crippen molar-refractivity contribution in [1.82, 2.24) is 0 Å². The lowest BCUT2D eigenvalue weighted by atomic mass is 9.67. The molecule has 1 nitrogen and oxygen atoms in total. The summed E-state index contributed by atoms with van der Waals surface area (Å²) in [5.74, 6) is 0. The summed E-state index contributed by atoms with van der Waals surface area (Å²) in [7, 11) is 0. The lowest BCUT2D eigenvalue weighted by molar-refractivity contribution is 0.660. The van der Waals surface area contributed by atoms with E-state index in [1.165, 1.54) is 112 Å². The van der Waals surface area contributed by atoms with Gasteiger partial charge in [0.05, 0.1) is 16.8 Å². The summed E-state index contributed by atoms with van der Waals surface area (Å²) < 4.78 is 0. The molecule has 8 aromatic carbocycles. The van der Waals surface area contributed by atoms with Crippen molar-refractivity contribution in [2.45, 2.75) is 37.0 Å². The van der Waals surface area contributed by atoms with E-state index in [0.717, 1.165) is 0 Å². The van der Waals surface area contributed by atoms with Crippen molar-refractivity contribution in [1.29, 1.82) is 0 Å². The van der Waals surface area contributed by atoms with Crippen molar-refractivity contribution < 1.29 is 0 Å². The Morgan fingerprint density at radius 1 is 0.327 bits per heavy atom. The van der Waals surface area contributed by atoms with Gasteiger partial charge in [-0.2, -0.15) is 0 Å². The predicted molar refractivity (Wildman–Crippen MR) is 226 cm³/mol.